The molecular weight excluding hydrogens is 424 g/mol. The van der Waals surface area contributed by atoms with Gasteiger partial charge in [0, 0.05) is 25.4 Å². The Hall–Kier alpha value is -1.70. The van der Waals surface area contributed by atoms with Crippen LogP contribution in [0.25, 0.3) is 0 Å². The van der Waals surface area contributed by atoms with Gasteiger partial charge in [0.2, 0.25) is 0 Å². The Labute approximate surface area is 197 Å². The van der Waals surface area contributed by atoms with Crippen LogP contribution in [0, 0.1) is 17.8 Å². The fourth-order valence-corrected chi connectivity index (χ4v) is 5.73. The highest BCUT2D eigenvalue weighted by Crippen LogP contribution is 2.44. The lowest BCUT2D eigenvalue weighted by molar-refractivity contribution is -0.184. The maximum atomic E-state index is 13.3. The van der Waals surface area contributed by atoms with Gasteiger partial charge in [0.25, 0.3) is 0 Å². The minimum absolute atomic E-state index is 0.0467. The number of cyclic esters (lactones) is 1. The minimum Gasteiger partial charge on any atom is -0.462 e. The number of esters is 2. The molecule has 3 rings (SSSR count). The SMILES string of the molecule is CCOC(CC)(CC)C(=O)OC1CC(O)C=C2C=CC(C)C(CC[C@@H]3C[C@@H](O)CC(=O)O3)C21. The molecule has 0 aromatic rings. The Morgan fingerprint density at radius 1 is 1.18 bits per heavy atom. The van der Waals surface area contributed by atoms with Crippen molar-refractivity contribution in [1.82, 2.24) is 0 Å². The van der Waals surface area contributed by atoms with E-state index in [1.165, 1.54) is 0 Å². The van der Waals surface area contributed by atoms with Crippen LogP contribution in [0.4, 0.5) is 0 Å². The first-order valence-electron chi connectivity index (χ1n) is 12.5. The van der Waals surface area contributed by atoms with Gasteiger partial charge < -0.3 is 24.4 Å². The number of allylic oxidation sites excluding steroid dienone is 2. The molecule has 33 heavy (non-hydrogen) atoms. The maximum Gasteiger partial charge on any atom is 0.338 e. The lowest BCUT2D eigenvalue weighted by Gasteiger charge is -2.44. The molecule has 0 amide bonds. The van der Waals surface area contributed by atoms with E-state index in [1.54, 1.807) is 0 Å². The van der Waals surface area contributed by atoms with E-state index in [2.05, 4.69) is 13.0 Å². The zero-order valence-corrected chi connectivity index (χ0v) is 20.4. The van der Waals surface area contributed by atoms with Gasteiger partial charge in [-0.2, -0.15) is 0 Å². The first-order chi connectivity index (χ1) is 15.7. The Kier molecular flexibility index (Phi) is 8.76. The van der Waals surface area contributed by atoms with Gasteiger partial charge in [-0.15, -0.1) is 0 Å². The highest BCUT2D eigenvalue weighted by molar-refractivity contribution is 5.79. The van der Waals surface area contributed by atoms with Crippen LogP contribution < -0.4 is 0 Å². The van der Waals surface area contributed by atoms with E-state index in [0.29, 0.717) is 38.7 Å². The van der Waals surface area contributed by atoms with E-state index in [9.17, 15) is 19.8 Å². The van der Waals surface area contributed by atoms with Gasteiger partial charge in [0.05, 0.1) is 18.6 Å². The molecule has 0 aromatic heterocycles. The number of rotatable bonds is 9. The van der Waals surface area contributed by atoms with Crippen LogP contribution in [-0.4, -0.2) is 58.8 Å². The zero-order valence-electron chi connectivity index (χ0n) is 20.4. The Morgan fingerprint density at radius 3 is 2.55 bits per heavy atom. The molecular formula is C26H40O7. The van der Waals surface area contributed by atoms with E-state index >= 15 is 0 Å². The van der Waals surface area contributed by atoms with Gasteiger partial charge in [-0.25, -0.2) is 4.79 Å². The normalized spacial score (nSPS) is 34.3. The van der Waals surface area contributed by atoms with Crippen molar-refractivity contribution in [2.75, 3.05) is 6.61 Å². The van der Waals surface area contributed by atoms with E-state index in [0.717, 1.165) is 12.0 Å². The summed E-state index contributed by atoms with van der Waals surface area (Å²) >= 11 is 0. The molecule has 1 heterocycles. The molecule has 2 aliphatic carbocycles. The molecule has 1 aliphatic heterocycles. The van der Waals surface area contributed by atoms with Crippen LogP contribution >= 0.6 is 0 Å². The third kappa shape index (κ3) is 5.87. The third-order valence-electron chi connectivity index (χ3n) is 7.62. The van der Waals surface area contributed by atoms with Crippen LogP contribution in [0.15, 0.2) is 23.8 Å². The first kappa shape index (κ1) is 25.9. The Morgan fingerprint density at radius 2 is 1.91 bits per heavy atom. The van der Waals surface area contributed by atoms with Crippen molar-refractivity contribution in [3.05, 3.63) is 23.8 Å². The highest BCUT2D eigenvalue weighted by Gasteiger charge is 2.45. The van der Waals surface area contributed by atoms with Crippen LogP contribution in [0.2, 0.25) is 0 Å². The number of aliphatic hydroxyl groups excluding tert-OH is 2. The predicted octanol–water partition coefficient (Wildman–Crippen LogP) is 3.47. The van der Waals surface area contributed by atoms with E-state index in [1.807, 2.05) is 32.9 Å². The summed E-state index contributed by atoms with van der Waals surface area (Å²) in [5.41, 5.74) is 0.0179. The number of fused-ring (bicyclic) bond motifs is 1. The summed E-state index contributed by atoms with van der Waals surface area (Å²) in [6.45, 7) is 8.29. The van der Waals surface area contributed by atoms with Crippen molar-refractivity contribution >= 4 is 11.9 Å². The summed E-state index contributed by atoms with van der Waals surface area (Å²) in [7, 11) is 0. The molecule has 0 aromatic carbocycles. The summed E-state index contributed by atoms with van der Waals surface area (Å²) in [5, 5.41) is 20.4. The van der Waals surface area contributed by atoms with Gasteiger partial charge in [-0.3, -0.25) is 4.79 Å². The van der Waals surface area contributed by atoms with Gasteiger partial charge in [-0.1, -0.05) is 39.0 Å². The monoisotopic (exact) mass is 464 g/mol. The fraction of sp³-hybridized carbons (Fsp3) is 0.769. The average molecular weight is 465 g/mol. The molecule has 0 bridgehead atoms. The third-order valence-corrected chi connectivity index (χ3v) is 7.62. The van der Waals surface area contributed by atoms with Gasteiger partial charge >= 0.3 is 11.9 Å². The van der Waals surface area contributed by atoms with E-state index in [4.69, 9.17) is 14.2 Å². The van der Waals surface area contributed by atoms with Gasteiger partial charge in [0.1, 0.15) is 12.2 Å². The number of ether oxygens (including phenoxy) is 3. The van der Waals surface area contributed by atoms with Crippen LogP contribution in [0.1, 0.15) is 72.6 Å². The standard InChI is InChI=1S/C26H40O7/c1-5-26(6-2,31-7-3)25(30)33-22-14-18(27)12-17-9-8-16(4)21(24(17)22)11-10-20-13-19(28)15-23(29)32-20/h8-9,12,16,18-22,24,27-28H,5-7,10-11,13-15H2,1-4H3/t16?,18?,19-,20-,21?,22?,24?/m1/s1. The molecule has 0 spiro atoms. The van der Waals surface area contributed by atoms with Crippen molar-refractivity contribution in [3.8, 4) is 0 Å². The number of carbonyl (C=O) groups is 2. The van der Waals surface area contributed by atoms with Crippen LogP contribution in [0.5, 0.6) is 0 Å². The fourth-order valence-electron chi connectivity index (χ4n) is 5.73. The van der Waals surface area contributed by atoms with Gasteiger partial charge in [0.15, 0.2) is 5.60 Å². The molecule has 7 heteroatoms. The minimum atomic E-state index is -0.973. The maximum absolute atomic E-state index is 13.3. The second-order valence-electron chi connectivity index (χ2n) is 9.74. The molecule has 0 radical (unpaired) electrons. The van der Waals surface area contributed by atoms with E-state index in [-0.39, 0.29) is 42.2 Å². The summed E-state index contributed by atoms with van der Waals surface area (Å²) in [6, 6.07) is 0. The molecule has 1 saturated heterocycles. The zero-order chi connectivity index (χ0) is 24.2. The highest BCUT2D eigenvalue weighted by atomic mass is 16.6. The Bertz CT molecular complexity index is 754. The molecule has 186 valence electrons. The molecule has 5 unspecified atom stereocenters. The molecule has 7 atom stereocenters. The number of hydrogen-bond acceptors (Lipinski definition) is 7. The lowest BCUT2D eigenvalue weighted by atomic mass is 9.66. The van der Waals surface area contributed by atoms with Crippen molar-refractivity contribution in [1.29, 1.82) is 0 Å². The molecule has 3 aliphatic rings. The molecule has 1 fully saturated rings. The predicted molar refractivity (Wildman–Crippen MR) is 123 cm³/mol. The number of carbonyl (C=O) groups excluding carboxylic acids is 2. The van der Waals surface area contributed by atoms with Crippen molar-refractivity contribution in [2.45, 2.75) is 103 Å². The second-order valence-corrected chi connectivity index (χ2v) is 9.74. The quantitative estimate of drug-likeness (QED) is 0.504. The largest absolute Gasteiger partial charge is 0.462 e. The van der Waals surface area contributed by atoms with Crippen LogP contribution in [-0.2, 0) is 23.8 Å². The Balaban J connectivity index is 1.79. The van der Waals surface area contributed by atoms with Crippen LogP contribution in [0.3, 0.4) is 0 Å². The lowest BCUT2D eigenvalue weighted by Crippen LogP contribution is -2.48. The summed E-state index contributed by atoms with van der Waals surface area (Å²) in [5.74, 6) is -0.363. The van der Waals surface area contributed by atoms with Crippen molar-refractivity contribution < 1.29 is 34.0 Å². The number of hydrogen-bond donors (Lipinski definition) is 2. The van der Waals surface area contributed by atoms with Crippen molar-refractivity contribution in [2.24, 2.45) is 17.8 Å². The van der Waals surface area contributed by atoms with Crippen molar-refractivity contribution in [3.63, 3.8) is 0 Å². The van der Waals surface area contributed by atoms with Gasteiger partial charge in [-0.05, 0) is 50.0 Å². The smallest absolute Gasteiger partial charge is 0.338 e. The average Bonchev–Trinajstić information content (AvgIpc) is 2.76. The van der Waals surface area contributed by atoms with E-state index < -0.39 is 23.9 Å². The number of aliphatic hydroxyl groups is 2. The topological polar surface area (TPSA) is 102 Å². The molecule has 7 nitrogen and oxygen atoms in total. The molecule has 2 N–H and O–H groups in total. The molecule has 0 saturated carbocycles. The summed E-state index contributed by atoms with van der Waals surface area (Å²) in [4.78, 5) is 25.0. The summed E-state index contributed by atoms with van der Waals surface area (Å²) in [6.07, 6.45) is 7.27. The second kappa shape index (κ2) is 11.2. The summed E-state index contributed by atoms with van der Waals surface area (Å²) < 4.78 is 17.4. The first-order valence-corrected chi connectivity index (χ1v) is 12.5.